The molecule has 26 heavy (non-hydrogen) atoms. The third-order valence-electron chi connectivity index (χ3n) is 6.28. The highest BCUT2D eigenvalue weighted by molar-refractivity contribution is 5.84. The summed E-state index contributed by atoms with van der Waals surface area (Å²) in [4.78, 5) is 5.45. The summed E-state index contributed by atoms with van der Waals surface area (Å²) in [5, 5.41) is 13.9. The highest BCUT2D eigenvalue weighted by atomic mass is 16.6. The molecule has 0 heterocycles. The minimum absolute atomic E-state index is 0.0923. The normalized spacial score (nSPS) is 28.8. The maximum absolute atomic E-state index is 9.51. The minimum atomic E-state index is -0.378. The number of aliphatic hydroxyl groups excluding tert-OH is 1. The molecular formula is C22H34N2O2. The molecule has 0 amide bonds. The molecule has 1 aromatic rings. The Bertz CT molecular complexity index is 643. The van der Waals surface area contributed by atoms with Crippen molar-refractivity contribution in [2.45, 2.75) is 76.7 Å². The average molecular weight is 359 g/mol. The molecule has 0 bridgehead atoms. The molecule has 3 N–H and O–H groups in total. The number of oxime groups is 1. The predicted octanol–water partition coefficient (Wildman–Crippen LogP) is 3.94. The summed E-state index contributed by atoms with van der Waals surface area (Å²) < 4.78 is 0. The van der Waals surface area contributed by atoms with Crippen LogP contribution >= 0.6 is 0 Å². The molecule has 3 rings (SSSR count). The second-order valence-electron chi connectivity index (χ2n) is 8.35. The van der Waals surface area contributed by atoms with Crippen molar-refractivity contribution in [3.8, 4) is 0 Å². The van der Waals surface area contributed by atoms with Gasteiger partial charge in [-0.2, -0.15) is 0 Å². The number of benzene rings is 1. The van der Waals surface area contributed by atoms with Gasteiger partial charge in [-0.25, -0.2) is 0 Å². The third-order valence-corrected chi connectivity index (χ3v) is 6.28. The van der Waals surface area contributed by atoms with Crippen LogP contribution in [0.25, 0.3) is 0 Å². The zero-order valence-electron chi connectivity index (χ0n) is 16.3. The van der Waals surface area contributed by atoms with Crippen molar-refractivity contribution in [3.63, 3.8) is 0 Å². The molecule has 144 valence electrons. The van der Waals surface area contributed by atoms with Gasteiger partial charge in [0.25, 0.3) is 0 Å². The van der Waals surface area contributed by atoms with Crippen molar-refractivity contribution in [3.05, 3.63) is 34.9 Å². The average Bonchev–Trinajstić information content (AvgIpc) is 3.07. The lowest BCUT2D eigenvalue weighted by Crippen LogP contribution is -2.40. The Morgan fingerprint density at radius 1 is 1.35 bits per heavy atom. The van der Waals surface area contributed by atoms with E-state index >= 15 is 0 Å². The standard InChI is InChI=1S/C22H34N2O2/c1-3-4-11-26-24-16(2)17-5-6-19-13-20(8-7-18(19)12-17)21-9-10-22(23,14-21)15-25/h7-8,13,17,21,25H,3-6,9-12,14-15,23H2,1-2H3/b24-16+/t17-,21+,22-/m1/s1. The number of nitrogens with two attached hydrogens (primary N) is 1. The van der Waals surface area contributed by atoms with E-state index in [9.17, 15) is 5.11 Å². The smallest absolute Gasteiger partial charge is 0.117 e. The van der Waals surface area contributed by atoms with Gasteiger partial charge in [0, 0.05) is 11.5 Å². The van der Waals surface area contributed by atoms with Crippen LogP contribution in [0.3, 0.4) is 0 Å². The highest BCUT2D eigenvalue weighted by Crippen LogP contribution is 2.40. The van der Waals surface area contributed by atoms with Crippen molar-refractivity contribution >= 4 is 5.71 Å². The summed E-state index contributed by atoms with van der Waals surface area (Å²) in [5.74, 6) is 0.984. The number of fused-ring (bicyclic) bond motifs is 1. The topological polar surface area (TPSA) is 67.8 Å². The Labute approximate surface area is 157 Å². The van der Waals surface area contributed by atoms with E-state index < -0.39 is 0 Å². The monoisotopic (exact) mass is 358 g/mol. The van der Waals surface area contributed by atoms with Crippen LogP contribution in [0.5, 0.6) is 0 Å². The number of aryl methyl sites for hydroxylation is 1. The molecular weight excluding hydrogens is 324 g/mol. The van der Waals surface area contributed by atoms with Gasteiger partial charge in [0.15, 0.2) is 0 Å². The van der Waals surface area contributed by atoms with Crippen LogP contribution in [0.15, 0.2) is 23.4 Å². The van der Waals surface area contributed by atoms with Crippen LogP contribution < -0.4 is 5.73 Å². The van der Waals surface area contributed by atoms with Crippen LogP contribution in [0.2, 0.25) is 0 Å². The third kappa shape index (κ3) is 4.47. The molecule has 1 fully saturated rings. The lowest BCUT2D eigenvalue weighted by Gasteiger charge is -2.26. The van der Waals surface area contributed by atoms with Crippen LogP contribution in [0.4, 0.5) is 0 Å². The van der Waals surface area contributed by atoms with Crippen molar-refractivity contribution < 1.29 is 9.94 Å². The van der Waals surface area contributed by atoms with E-state index in [4.69, 9.17) is 10.6 Å². The number of rotatable bonds is 7. The van der Waals surface area contributed by atoms with E-state index in [1.807, 2.05) is 0 Å². The summed E-state index contributed by atoms with van der Waals surface area (Å²) in [6.07, 6.45) is 8.41. The first-order valence-electron chi connectivity index (χ1n) is 10.2. The second-order valence-corrected chi connectivity index (χ2v) is 8.35. The molecule has 1 saturated carbocycles. The van der Waals surface area contributed by atoms with Crippen molar-refractivity contribution in [2.24, 2.45) is 16.8 Å². The largest absolute Gasteiger partial charge is 0.396 e. The molecule has 2 aliphatic carbocycles. The fourth-order valence-electron chi connectivity index (χ4n) is 4.40. The van der Waals surface area contributed by atoms with Crippen molar-refractivity contribution in [2.75, 3.05) is 13.2 Å². The Kier molecular flexibility index (Phi) is 6.36. The van der Waals surface area contributed by atoms with E-state index in [0.717, 1.165) is 63.7 Å². The number of nitrogens with zero attached hydrogens (tertiary/aromatic N) is 1. The first-order chi connectivity index (χ1) is 12.5. The van der Waals surface area contributed by atoms with E-state index in [2.05, 4.69) is 37.2 Å². The van der Waals surface area contributed by atoms with Crippen LogP contribution in [0, 0.1) is 5.92 Å². The molecule has 4 nitrogen and oxygen atoms in total. The van der Waals surface area contributed by atoms with E-state index in [1.54, 1.807) is 0 Å². The summed E-state index contributed by atoms with van der Waals surface area (Å²) in [6.45, 7) is 5.08. The Morgan fingerprint density at radius 3 is 2.92 bits per heavy atom. The van der Waals surface area contributed by atoms with Gasteiger partial charge < -0.3 is 15.7 Å². The van der Waals surface area contributed by atoms with E-state index in [-0.39, 0.29) is 12.1 Å². The molecule has 0 aliphatic heterocycles. The molecule has 3 atom stereocenters. The van der Waals surface area contributed by atoms with Gasteiger partial charge >= 0.3 is 0 Å². The quantitative estimate of drug-likeness (QED) is 0.441. The van der Waals surface area contributed by atoms with Gasteiger partial charge in [-0.1, -0.05) is 36.7 Å². The first-order valence-corrected chi connectivity index (χ1v) is 10.2. The minimum Gasteiger partial charge on any atom is -0.396 e. The van der Waals surface area contributed by atoms with Gasteiger partial charge in [-0.05, 0) is 74.5 Å². The molecule has 0 aromatic heterocycles. The lowest BCUT2D eigenvalue weighted by atomic mass is 9.80. The van der Waals surface area contributed by atoms with Gasteiger partial charge in [0.1, 0.15) is 6.61 Å². The maximum Gasteiger partial charge on any atom is 0.117 e. The summed E-state index contributed by atoms with van der Waals surface area (Å²) in [6, 6.07) is 6.97. The van der Waals surface area contributed by atoms with Crippen molar-refractivity contribution in [1.29, 1.82) is 0 Å². The van der Waals surface area contributed by atoms with Crippen LogP contribution in [-0.4, -0.2) is 29.6 Å². The zero-order chi connectivity index (χ0) is 18.6. The van der Waals surface area contributed by atoms with Gasteiger partial charge in [0.05, 0.1) is 12.3 Å². The fraction of sp³-hybridized carbons (Fsp3) is 0.682. The SMILES string of the molecule is CCCCO/N=C(\C)[C@@H]1CCc2cc([C@H]3CC[C@](N)(CO)C3)ccc2C1. The molecule has 4 heteroatoms. The number of hydrogen-bond donors (Lipinski definition) is 2. The lowest BCUT2D eigenvalue weighted by molar-refractivity contribution is 0.139. The van der Waals surface area contributed by atoms with Gasteiger partial charge in [0.2, 0.25) is 0 Å². The highest BCUT2D eigenvalue weighted by Gasteiger charge is 2.36. The molecule has 0 spiro atoms. The molecule has 0 radical (unpaired) electrons. The van der Waals surface area contributed by atoms with E-state index in [0.29, 0.717) is 11.8 Å². The fourth-order valence-corrected chi connectivity index (χ4v) is 4.40. The summed E-state index contributed by atoms with van der Waals surface area (Å²) in [7, 11) is 0. The Hall–Kier alpha value is -1.39. The first kappa shape index (κ1) is 19.4. The predicted molar refractivity (Wildman–Crippen MR) is 107 cm³/mol. The number of aliphatic hydroxyl groups is 1. The van der Waals surface area contributed by atoms with Gasteiger partial charge in [-0.3, -0.25) is 0 Å². The maximum atomic E-state index is 9.51. The molecule has 0 saturated heterocycles. The molecule has 2 aliphatic rings. The zero-order valence-corrected chi connectivity index (χ0v) is 16.3. The Balaban J connectivity index is 1.63. The van der Waals surface area contributed by atoms with Crippen molar-refractivity contribution in [1.82, 2.24) is 0 Å². The van der Waals surface area contributed by atoms with E-state index in [1.165, 1.54) is 16.7 Å². The second kappa shape index (κ2) is 8.53. The van der Waals surface area contributed by atoms with Gasteiger partial charge in [-0.15, -0.1) is 0 Å². The summed E-state index contributed by atoms with van der Waals surface area (Å²) >= 11 is 0. The Morgan fingerprint density at radius 2 is 2.19 bits per heavy atom. The van der Waals surface area contributed by atoms with Crippen LogP contribution in [0.1, 0.15) is 75.0 Å². The van der Waals surface area contributed by atoms with Crippen LogP contribution in [-0.2, 0) is 17.7 Å². The number of hydrogen-bond acceptors (Lipinski definition) is 4. The molecule has 1 aromatic carbocycles. The number of unbranched alkanes of at least 4 members (excludes halogenated alkanes) is 1. The molecule has 0 unspecified atom stereocenters. The summed E-state index contributed by atoms with van der Waals surface area (Å²) in [5.41, 5.74) is 11.3.